The van der Waals surface area contributed by atoms with Crippen LogP contribution in [0.5, 0.6) is 11.5 Å². The Labute approximate surface area is 343 Å². The first-order chi connectivity index (χ1) is 27.9. The first kappa shape index (κ1) is 48.8. The quantitative estimate of drug-likeness (QED) is 0.0285. The molecule has 3 heterocycles. The van der Waals surface area contributed by atoms with Gasteiger partial charge >= 0.3 is 23.5 Å². The van der Waals surface area contributed by atoms with Gasteiger partial charge in [-0.25, -0.2) is 28.6 Å². The molecule has 7 atom stereocenters. The minimum absolute atomic E-state index is 0.0199. The Morgan fingerprint density at radius 1 is 1.03 bits per heavy atom. The number of fused-ring (bicyclic) bond motifs is 1. The summed E-state index contributed by atoms with van der Waals surface area (Å²) in [5.41, 5.74) is 4.68. The van der Waals surface area contributed by atoms with Crippen molar-refractivity contribution in [1.82, 2.24) is 30.2 Å². The zero-order chi connectivity index (χ0) is 44.6. The van der Waals surface area contributed by atoms with Crippen LogP contribution in [0, 0.1) is 5.41 Å². The summed E-state index contributed by atoms with van der Waals surface area (Å²) < 4.78 is 62.1. The minimum atomic E-state index is -5.59. The van der Waals surface area contributed by atoms with E-state index >= 15 is 0 Å². The SMILES string of the molecule is CC(C)(COP(=O)(O)OP(=O)(O)OC[C@@H]1O[C@H](n2cnc3c(N)ncnc32)[C@H](O)[C@@H]1OP(=O)(O)O)[C@@H](O)C(=O)NCCC(=O)NCCSC(=O)/C=C/c1ccc(O)c(O)c1. The number of hydrogen-bond acceptors (Lipinski definition) is 20. The molecule has 60 heavy (non-hydrogen) atoms. The van der Waals surface area contributed by atoms with E-state index in [1.165, 1.54) is 44.2 Å². The number of phenols is 2. The summed E-state index contributed by atoms with van der Waals surface area (Å²) in [6, 6.07) is 4.02. The summed E-state index contributed by atoms with van der Waals surface area (Å²) in [7, 11) is -16.5. The van der Waals surface area contributed by atoms with Crippen molar-refractivity contribution in [3.8, 4) is 11.5 Å². The van der Waals surface area contributed by atoms with Crippen molar-refractivity contribution in [2.45, 2.75) is 50.9 Å². The van der Waals surface area contributed by atoms with Crippen LogP contribution in [0.25, 0.3) is 17.2 Å². The normalized spacial score (nSPS) is 21.1. The molecule has 26 nitrogen and oxygen atoms in total. The number of rotatable bonds is 21. The molecule has 30 heteroatoms. The molecule has 2 amide bonds. The lowest BCUT2D eigenvalue weighted by atomic mass is 9.87. The van der Waals surface area contributed by atoms with Crippen LogP contribution < -0.4 is 16.4 Å². The van der Waals surface area contributed by atoms with Gasteiger partial charge in [0, 0.05) is 30.7 Å². The van der Waals surface area contributed by atoms with Crippen LogP contribution in [-0.4, -0.2) is 133 Å². The Balaban J connectivity index is 1.20. The van der Waals surface area contributed by atoms with Gasteiger partial charge in [-0.1, -0.05) is 37.8 Å². The summed E-state index contributed by atoms with van der Waals surface area (Å²) in [6.45, 7) is 0.245. The fraction of sp³-hybridized carbons (Fsp3) is 0.467. The van der Waals surface area contributed by atoms with Gasteiger partial charge in [0.1, 0.15) is 36.3 Å². The number of aromatic nitrogens is 4. The summed E-state index contributed by atoms with van der Waals surface area (Å²) in [5, 5.41) is 44.8. The molecule has 2 unspecified atom stereocenters. The number of ether oxygens (including phenoxy) is 1. The summed E-state index contributed by atoms with van der Waals surface area (Å²) in [5.74, 6) is -2.01. The number of aliphatic hydroxyl groups is 2. The van der Waals surface area contributed by atoms with E-state index in [0.717, 1.165) is 29.0 Å². The summed E-state index contributed by atoms with van der Waals surface area (Å²) in [6.07, 6.45) is -4.40. The highest BCUT2D eigenvalue weighted by molar-refractivity contribution is 8.14. The molecule has 2 aromatic heterocycles. The average Bonchev–Trinajstić information content (AvgIpc) is 3.71. The maximum Gasteiger partial charge on any atom is 0.481 e. The van der Waals surface area contributed by atoms with Gasteiger partial charge in [0.15, 0.2) is 29.2 Å². The molecule has 4 rings (SSSR count). The molecule has 0 saturated carbocycles. The number of nitrogens with one attached hydrogen (secondary N) is 2. The molecule has 3 aromatic rings. The third kappa shape index (κ3) is 14.1. The number of benzene rings is 1. The molecule has 1 fully saturated rings. The molecule has 0 radical (unpaired) electrons. The van der Waals surface area contributed by atoms with Gasteiger partial charge in [-0.15, -0.1) is 0 Å². The van der Waals surface area contributed by atoms with Gasteiger partial charge in [-0.05, 0) is 23.8 Å². The minimum Gasteiger partial charge on any atom is -0.504 e. The topological polar surface area (TPSA) is 404 Å². The monoisotopic (exact) mass is 929 g/mol. The number of phosphoric ester groups is 3. The second-order valence-electron chi connectivity index (χ2n) is 13.3. The van der Waals surface area contributed by atoms with Crippen LogP contribution in [0.3, 0.4) is 0 Å². The van der Waals surface area contributed by atoms with Crippen LogP contribution in [0.15, 0.2) is 36.9 Å². The molecule has 1 aliphatic heterocycles. The van der Waals surface area contributed by atoms with Crippen LogP contribution in [0.1, 0.15) is 32.1 Å². The van der Waals surface area contributed by atoms with Gasteiger partial charge in [-0.2, -0.15) is 4.31 Å². The highest BCUT2D eigenvalue weighted by atomic mass is 32.2. The highest BCUT2D eigenvalue weighted by Crippen LogP contribution is 2.61. The third-order valence-corrected chi connectivity index (χ3v) is 12.1. The number of aromatic hydroxyl groups is 2. The van der Waals surface area contributed by atoms with Crippen LogP contribution in [0.2, 0.25) is 0 Å². The van der Waals surface area contributed by atoms with Crippen molar-refractivity contribution in [1.29, 1.82) is 0 Å². The Hall–Kier alpha value is -3.88. The average molecular weight is 930 g/mol. The van der Waals surface area contributed by atoms with Gasteiger partial charge in [0.05, 0.1) is 19.5 Å². The first-order valence-electron chi connectivity index (χ1n) is 17.1. The second-order valence-corrected chi connectivity index (χ2v) is 18.7. The Kier molecular flexibility index (Phi) is 16.5. The predicted octanol–water partition coefficient (Wildman–Crippen LogP) is -0.211. The number of nitrogens with zero attached hydrogens (tertiary/aromatic N) is 4. The largest absolute Gasteiger partial charge is 0.504 e. The van der Waals surface area contributed by atoms with Crippen molar-refractivity contribution in [3.05, 3.63) is 42.5 Å². The lowest BCUT2D eigenvalue weighted by Gasteiger charge is -2.30. The van der Waals surface area contributed by atoms with E-state index in [2.05, 4.69) is 34.4 Å². The number of thioether (sulfide) groups is 1. The number of anilines is 1. The number of imidazole rings is 1. The second kappa shape index (κ2) is 20.3. The summed E-state index contributed by atoms with van der Waals surface area (Å²) >= 11 is 0.898. The number of carbonyl (C=O) groups is 3. The standard InChI is InChI=1S/C30H42N7O19P3S/c1-30(2,25(43)28(44)33-8-7-20(40)32-9-10-60-21(41)6-4-16-3-5-17(38)18(39)11-16)13-53-59(50,51)56-58(48,49)52-12-19-24(55-57(45,46)47)23(42)29(54-19)37-15-36-22-26(31)34-14-35-27(22)37/h3-6,11,14-15,19,23-25,29,38-39,42-43H,7-10,12-13H2,1-2H3,(H,32,40)(H,33,44)(H,48,49)(H,50,51)(H2,31,34,35)(H2,45,46,47)/b6-4+/t19-,23+,24+,25-,29-/m0/s1. The molecule has 0 bridgehead atoms. The Morgan fingerprint density at radius 2 is 1.73 bits per heavy atom. The number of aliphatic hydroxyl groups excluding tert-OH is 2. The molecule has 0 aliphatic carbocycles. The number of phosphoric acid groups is 3. The lowest BCUT2D eigenvalue weighted by Crippen LogP contribution is -2.46. The molecule has 0 spiro atoms. The smallest absolute Gasteiger partial charge is 0.481 e. The van der Waals surface area contributed by atoms with E-state index in [9.17, 15) is 68.1 Å². The zero-order valence-corrected chi connectivity index (χ0v) is 34.9. The van der Waals surface area contributed by atoms with Gasteiger partial charge in [-0.3, -0.25) is 32.5 Å². The molecular weight excluding hydrogens is 887 g/mol. The van der Waals surface area contributed by atoms with Crippen molar-refractivity contribution in [3.63, 3.8) is 0 Å². The van der Waals surface area contributed by atoms with E-state index in [1.807, 2.05) is 0 Å². The number of amides is 2. The van der Waals surface area contributed by atoms with Crippen LogP contribution in [0.4, 0.5) is 5.82 Å². The van der Waals surface area contributed by atoms with E-state index in [1.54, 1.807) is 0 Å². The van der Waals surface area contributed by atoms with Gasteiger partial charge in [0.25, 0.3) is 0 Å². The van der Waals surface area contributed by atoms with E-state index in [-0.39, 0.29) is 58.9 Å². The van der Waals surface area contributed by atoms with E-state index in [4.69, 9.17) is 19.5 Å². The maximum atomic E-state index is 12.7. The Bertz CT molecular complexity index is 2210. The first-order valence-corrected chi connectivity index (χ1v) is 22.6. The third-order valence-electron chi connectivity index (χ3n) is 8.16. The van der Waals surface area contributed by atoms with Gasteiger partial charge in [0.2, 0.25) is 16.9 Å². The van der Waals surface area contributed by atoms with Crippen molar-refractivity contribution < 1.29 is 90.7 Å². The number of hydrogen-bond donors (Lipinski definition) is 11. The van der Waals surface area contributed by atoms with Crippen LogP contribution >= 0.6 is 35.2 Å². The van der Waals surface area contributed by atoms with E-state index < -0.39 is 84.6 Å². The number of nitrogen functional groups attached to an aromatic ring is 1. The maximum absolute atomic E-state index is 12.7. The van der Waals surface area contributed by atoms with E-state index in [0.29, 0.717) is 5.56 Å². The zero-order valence-electron chi connectivity index (χ0n) is 31.4. The fourth-order valence-electron chi connectivity index (χ4n) is 5.14. The lowest BCUT2D eigenvalue weighted by molar-refractivity contribution is -0.137. The number of nitrogens with two attached hydrogens (primary N) is 1. The van der Waals surface area contributed by atoms with Crippen molar-refractivity contribution >= 4 is 75.2 Å². The van der Waals surface area contributed by atoms with Crippen molar-refractivity contribution in [2.24, 2.45) is 5.41 Å². The summed E-state index contributed by atoms with van der Waals surface area (Å²) in [4.78, 5) is 87.7. The molecular formula is C30H42N7O19P3S. The molecule has 12 N–H and O–H groups in total. The Morgan fingerprint density at radius 3 is 2.42 bits per heavy atom. The molecule has 1 aromatic carbocycles. The highest BCUT2D eigenvalue weighted by Gasteiger charge is 2.50. The molecule has 1 aliphatic rings. The molecule has 332 valence electrons. The predicted molar refractivity (Wildman–Crippen MR) is 206 cm³/mol. The van der Waals surface area contributed by atoms with Gasteiger partial charge < -0.3 is 61.1 Å². The fourth-order valence-corrected chi connectivity index (χ4v) is 8.54. The van der Waals surface area contributed by atoms with Crippen molar-refractivity contribution in [2.75, 3.05) is 37.8 Å². The number of carbonyl (C=O) groups excluding carboxylic acids is 3. The molecule has 1 saturated heterocycles. The van der Waals surface area contributed by atoms with Crippen LogP contribution in [-0.2, 0) is 50.7 Å². The number of phenolic OH excluding ortho intramolecular Hbond substituents is 2.